The molecule has 1 amide bonds. The summed E-state index contributed by atoms with van der Waals surface area (Å²) < 4.78 is 5.63. The second kappa shape index (κ2) is 7.02. The summed E-state index contributed by atoms with van der Waals surface area (Å²) >= 11 is 10.4. The third-order valence-electron chi connectivity index (χ3n) is 2.37. The van der Waals surface area contributed by atoms with Crippen LogP contribution >= 0.6 is 38.9 Å². The first kappa shape index (κ1) is 15.9. The summed E-state index contributed by atoms with van der Waals surface area (Å²) in [5.74, 6) is -0.978. The molecule has 0 aliphatic rings. The Morgan fingerprint density at radius 3 is 2.90 bits per heavy atom. The molecule has 2 aromatic rings. The minimum Gasteiger partial charge on any atom is -0.461 e. The van der Waals surface area contributed by atoms with E-state index in [0.29, 0.717) is 10.7 Å². The predicted octanol–water partition coefficient (Wildman–Crippen LogP) is 3.99. The molecular formula is C13H10BrClN2O3S. The monoisotopic (exact) mass is 388 g/mol. The lowest BCUT2D eigenvalue weighted by molar-refractivity contribution is 0.0526. The Labute approximate surface area is 138 Å². The topological polar surface area (TPSA) is 68.3 Å². The highest BCUT2D eigenvalue weighted by atomic mass is 79.9. The van der Waals surface area contributed by atoms with Crippen LogP contribution in [-0.4, -0.2) is 23.5 Å². The van der Waals surface area contributed by atoms with Gasteiger partial charge in [0, 0.05) is 9.85 Å². The van der Waals surface area contributed by atoms with Crippen LogP contribution in [0.3, 0.4) is 0 Å². The van der Waals surface area contributed by atoms with Crippen molar-refractivity contribution in [1.82, 2.24) is 4.98 Å². The standard InChI is InChI=1S/C13H10BrClN2O3S/c1-2-20-13(19)12-17-10(6-21-12)11(18)16-9-4-3-7(14)5-8(9)15/h3-6H,2H2,1H3,(H,16,18). The molecule has 1 aromatic heterocycles. The van der Waals surface area contributed by atoms with E-state index in [1.807, 2.05) is 0 Å². The summed E-state index contributed by atoms with van der Waals surface area (Å²) in [6.45, 7) is 1.96. The van der Waals surface area contributed by atoms with Crippen LogP contribution in [0.1, 0.15) is 27.2 Å². The van der Waals surface area contributed by atoms with Gasteiger partial charge in [-0.2, -0.15) is 0 Å². The van der Waals surface area contributed by atoms with Gasteiger partial charge in [-0.05, 0) is 25.1 Å². The third-order valence-corrected chi connectivity index (χ3v) is 3.99. The summed E-state index contributed by atoms with van der Waals surface area (Å²) in [5.41, 5.74) is 0.609. The highest BCUT2D eigenvalue weighted by Gasteiger charge is 2.17. The number of esters is 1. The summed E-state index contributed by atoms with van der Waals surface area (Å²) in [6, 6.07) is 5.10. The average Bonchev–Trinajstić information content (AvgIpc) is 2.92. The van der Waals surface area contributed by atoms with E-state index in [1.165, 1.54) is 5.38 Å². The summed E-state index contributed by atoms with van der Waals surface area (Å²) in [7, 11) is 0. The van der Waals surface area contributed by atoms with Crippen molar-refractivity contribution in [2.45, 2.75) is 6.92 Å². The molecule has 0 bridgehead atoms. The molecule has 0 unspecified atom stereocenters. The minimum absolute atomic E-state index is 0.141. The molecule has 1 heterocycles. The van der Waals surface area contributed by atoms with Crippen molar-refractivity contribution >= 4 is 56.4 Å². The van der Waals surface area contributed by atoms with Crippen LogP contribution in [-0.2, 0) is 4.74 Å². The highest BCUT2D eigenvalue weighted by molar-refractivity contribution is 9.10. The van der Waals surface area contributed by atoms with E-state index in [9.17, 15) is 9.59 Å². The molecule has 5 nitrogen and oxygen atoms in total. The summed E-state index contributed by atoms with van der Waals surface area (Å²) in [6.07, 6.45) is 0. The maximum absolute atomic E-state index is 12.1. The number of amides is 1. The minimum atomic E-state index is -0.539. The molecule has 0 fully saturated rings. The number of halogens is 2. The Morgan fingerprint density at radius 2 is 2.24 bits per heavy atom. The lowest BCUT2D eigenvalue weighted by Crippen LogP contribution is -2.13. The molecule has 1 aromatic carbocycles. The number of nitrogens with zero attached hydrogens (tertiary/aromatic N) is 1. The van der Waals surface area contributed by atoms with Crippen molar-refractivity contribution in [3.05, 3.63) is 43.8 Å². The van der Waals surface area contributed by atoms with Gasteiger partial charge in [0.15, 0.2) is 0 Å². The number of anilines is 1. The van der Waals surface area contributed by atoms with Gasteiger partial charge in [-0.15, -0.1) is 11.3 Å². The van der Waals surface area contributed by atoms with Crippen molar-refractivity contribution in [2.75, 3.05) is 11.9 Å². The number of hydrogen-bond acceptors (Lipinski definition) is 5. The van der Waals surface area contributed by atoms with Crippen LogP contribution in [0.4, 0.5) is 5.69 Å². The first-order valence-corrected chi connectivity index (χ1v) is 7.95. The van der Waals surface area contributed by atoms with Crippen LogP contribution in [0.5, 0.6) is 0 Å². The van der Waals surface area contributed by atoms with Gasteiger partial charge < -0.3 is 10.1 Å². The maximum atomic E-state index is 12.1. The Bertz CT molecular complexity index is 690. The molecule has 0 saturated heterocycles. The number of hydrogen-bond donors (Lipinski definition) is 1. The Hall–Kier alpha value is -1.44. The van der Waals surface area contributed by atoms with Crippen LogP contribution in [0.15, 0.2) is 28.1 Å². The zero-order valence-corrected chi connectivity index (χ0v) is 14.0. The van der Waals surface area contributed by atoms with Crippen molar-refractivity contribution in [2.24, 2.45) is 0 Å². The second-order valence-electron chi connectivity index (χ2n) is 3.84. The summed E-state index contributed by atoms with van der Waals surface area (Å²) in [5, 5.41) is 4.68. The molecule has 0 saturated carbocycles. The van der Waals surface area contributed by atoms with Gasteiger partial charge in [0.05, 0.1) is 17.3 Å². The first-order chi connectivity index (χ1) is 10.0. The smallest absolute Gasteiger partial charge is 0.367 e. The normalized spacial score (nSPS) is 10.2. The number of benzene rings is 1. The lowest BCUT2D eigenvalue weighted by atomic mass is 10.3. The number of carbonyl (C=O) groups is 2. The van der Waals surface area contributed by atoms with E-state index in [1.54, 1.807) is 25.1 Å². The number of aromatic nitrogens is 1. The third kappa shape index (κ3) is 4.03. The molecule has 0 aliphatic carbocycles. The van der Waals surface area contributed by atoms with Gasteiger partial charge in [0.25, 0.3) is 5.91 Å². The predicted molar refractivity (Wildman–Crippen MR) is 85.2 cm³/mol. The van der Waals surface area contributed by atoms with Gasteiger partial charge in [0.1, 0.15) is 5.69 Å². The number of nitrogens with one attached hydrogen (secondary N) is 1. The molecule has 110 valence electrons. The Morgan fingerprint density at radius 1 is 1.48 bits per heavy atom. The van der Waals surface area contributed by atoms with Crippen LogP contribution in [0.25, 0.3) is 0 Å². The Kier molecular flexibility index (Phi) is 5.33. The molecule has 8 heteroatoms. The van der Waals surface area contributed by atoms with Crippen molar-refractivity contribution < 1.29 is 14.3 Å². The number of thiazole rings is 1. The molecule has 0 atom stereocenters. The van der Waals surface area contributed by atoms with Gasteiger partial charge in [-0.25, -0.2) is 9.78 Å². The largest absolute Gasteiger partial charge is 0.461 e. The van der Waals surface area contributed by atoms with E-state index < -0.39 is 11.9 Å². The van der Waals surface area contributed by atoms with E-state index >= 15 is 0 Å². The molecule has 0 spiro atoms. The zero-order chi connectivity index (χ0) is 15.4. The first-order valence-electron chi connectivity index (χ1n) is 5.90. The second-order valence-corrected chi connectivity index (χ2v) is 6.02. The van der Waals surface area contributed by atoms with Crippen molar-refractivity contribution in [1.29, 1.82) is 0 Å². The van der Waals surface area contributed by atoms with Gasteiger partial charge in [-0.1, -0.05) is 27.5 Å². The SMILES string of the molecule is CCOC(=O)c1nc(C(=O)Nc2ccc(Br)cc2Cl)cs1. The van der Waals surface area contributed by atoms with E-state index in [-0.39, 0.29) is 17.3 Å². The van der Waals surface area contributed by atoms with Crippen LogP contribution < -0.4 is 5.32 Å². The quantitative estimate of drug-likeness (QED) is 0.803. The molecule has 0 aliphatic heterocycles. The lowest BCUT2D eigenvalue weighted by Gasteiger charge is -2.05. The zero-order valence-electron chi connectivity index (χ0n) is 10.9. The molecule has 0 radical (unpaired) electrons. The number of carbonyl (C=O) groups excluding carboxylic acids is 2. The van der Waals surface area contributed by atoms with Gasteiger partial charge in [-0.3, -0.25) is 4.79 Å². The average molecular weight is 390 g/mol. The van der Waals surface area contributed by atoms with E-state index in [2.05, 4.69) is 26.2 Å². The molecule has 21 heavy (non-hydrogen) atoms. The van der Waals surface area contributed by atoms with Crippen molar-refractivity contribution in [3.63, 3.8) is 0 Å². The number of ether oxygens (including phenoxy) is 1. The fraction of sp³-hybridized carbons (Fsp3) is 0.154. The molecular weight excluding hydrogens is 380 g/mol. The fourth-order valence-corrected chi connectivity index (χ4v) is 2.85. The molecule has 1 N–H and O–H groups in total. The Balaban J connectivity index is 2.12. The highest BCUT2D eigenvalue weighted by Crippen LogP contribution is 2.26. The van der Waals surface area contributed by atoms with Crippen LogP contribution in [0.2, 0.25) is 5.02 Å². The van der Waals surface area contributed by atoms with Gasteiger partial charge >= 0.3 is 5.97 Å². The summed E-state index contributed by atoms with van der Waals surface area (Å²) in [4.78, 5) is 27.5. The van der Waals surface area contributed by atoms with Crippen molar-refractivity contribution in [3.8, 4) is 0 Å². The molecule has 2 rings (SSSR count). The number of rotatable bonds is 4. The van der Waals surface area contributed by atoms with Crippen LogP contribution in [0, 0.1) is 0 Å². The maximum Gasteiger partial charge on any atom is 0.367 e. The van der Waals surface area contributed by atoms with Gasteiger partial charge in [0.2, 0.25) is 5.01 Å². The van der Waals surface area contributed by atoms with E-state index in [0.717, 1.165) is 15.8 Å². The fourth-order valence-electron chi connectivity index (χ4n) is 1.44. The van der Waals surface area contributed by atoms with E-state index in [4.69, 9.17) is 16.3 Å².